The van der Waals surface area contributed by atoms with E-state index in [-0.39, 0.29) is 34.2 Å². The molecule has 0 unspecified atom stereocenters. The summed E-state index contributed by atoms with van der Waals surface area (Å²) in [4.78, 5) is 45.1. The Hall–Kier alpha value is -2.88. The van der Waals surface area contributed by atoms with E-state index in [0.717, 1.165) is 0 Å². The monoisotopic (exact) mass is 392 g/mol. The van der Waals surface area contributed by atoms with Gasteiger partial charge < -0.3 is 23.7 Å². The lowest BCUT2D eigenvalue weighted by molar-refractivity contribution is 0.0570. The molecule has 10 heteroatoms. The van der Waals surface area contributed by atoms with Gasteiger partial charge in [0.25, 0.3) is 11.5 Å². The molecule has 1 saturated heterocycles. The molecule has 152 valence electrons. The Morgan fingerprint density at radius 1 is 1.21 bits per heavy atom. The zero-order valence-electron chi connectivity index (χ0n) is 16.3. The number of furan rings is 1. The Kier molecular flexibility index (Phi) is 5.98. The van der Waals surface area contributed by atoms with Crippen molar-refractivity contribution in [3.05, 3.63) is 28.0 Å². The van der Waals surface area contributed by atoms with Crippen molar-refractivity contribution in [3.8, 4) is 0 Å². The lowest BCUT2D eigenvalue weighted by Crippen LogP contribution is -2.50. The molecule has 0 aromatic carbocycles. The van der Waals surface area contributed by atoms with Crippen molar-refractivity contribution in [2.75, 3.05) is 46.5 Å². The summed E-state index contributed by atoms with van der Waals surface area (Å²) in [6.07, 6.45) is 1.00. The third kappa shape index (κ3) is 3.72. The van der Waals surface area contributed by atoms with E-state index in [0.29, 0.717) is 51.7 Å². The van der Waals surface area contributed by atoms with Crippen LogP contribution in [0, 0.1) is 6.92 Å². The van der Waals surface area contributed by atoms with E-state index >= 15 is 0 Å². The van der Waals surface area contributed by atoms with Gasteiger partial charge in [0, 0.05) is 33.3 Å². The van der Waals surface area contributed by atoms with Crippen LogP contribution >= 0.6 is 0 Å². The number of piperazine rings is 1. The van der Waals surface area contributed by atoms with Crippen molar-refractivity contribution in [1.82, 2.24) is 19.4 Å². The number of nitrogens with zero attached hydrogens (tertiary/aromatic N) is 4. The summed E-state index contributed by atoms with van der Waals surface area (Å²) in [5, 5.41) is 0.175. The summed E-state index contributed by atoms with van der Waals surface area (Å²) in [7, 11) is 1.55. The number of hydrogen-bond acceptors (Lipinski definition) is 7. The molecule has 0 radical (unpaired) electrons. The number of hydrogen-bond donors (Lipinski definition) is 0. The lowest BCUT2D eigenvalue weighted by atomic mass is 10.1. The highest BCUT2D eigenvalue weighted by atomic mass is 16.6. The van der Waals surface area contributed by atoms with Gasteiger partial charge in [-0.3, -0.25) is 14.2 Å². The predicted octanol–water partition coefficient (Wildman–Crippen LogP) is 0.859. The largest absolute Gasteiger partial charge is 0.450 e. The molecule has 2 amide bonds. The first-order valence-electron chi connectivity index (χ1n) is 9.16. The second kappa shape index (κ2) is 8.42. The molecule has 1 aliphatic rings. The van der Waals surface area contributed by atoms with Gasteiger partial charge in [-0.25, -0.2) is 9.78 Å². The van der Waals surface area contributed by atoms with Crippen molar-refractivity contribution in [2.24, 2.45) is 0 Å². The quantitative estimate of drug-likeness (QED) is 0.743. The van der Waals surface area contributed by atoms with Gasteiger partial charge in [-0.1, -0.05) is 0 Å². The maximum atomic E-state index is 13.1. The van der Waals surface area contributed by atoms with Gasteiger partial charge in [0.15, 0.2) is 0 Å². The Balaban J connectivity index is 1.85. The number of rotatable bonds is 5. The summed E-state index contributed by atoms with van der Waals surface area (Å²) in [5.74, 6) is 0.0464. The molecular formula is C18H24N4O6. The molecule has 0 bridgehead atoms. The van der Waals surface area contributed by atoms with E-state index in [1.807, 2.05) is 0 Å². The van der Waals surface area contributed by atoms with Crippen LogP contribution in [0.5, 0.6) is 0 Å². The highest BCUT2D eigenvalue weighted by Gasteiger charge is 2.30. The molecule has 0 saturated carbocycles. The van der Waals surface area contributed by atoms with Crippen LogP contribution < -0.4 is 5.56 Å². The number of amides is 2. The van der Waals surface area contributed by atoms with Crippen LogP contribution in [0.15, 0.2) is 15.5 Å². The average Bonchev–Trinajstić information content (AvgIpc) is 3.04. The number of carbonyl (C=O) groups is 2. The Labute approximate surface area is 161 Å². The van der Waals surface area contributed by atoms with Gasteiger partial charge in [0.05, 0.1) is 25.3 Å². The topological polar surface area (TPSA) is 107 Å². The summed E-state index contributed by atoms with van der Waals surface area (Å²) in [6.45, 7) is 5.81. The average molecular weight is 392 g/mol. The molecule has 0 spiro atoms. The summed E-state index contributed by atoms with van der Waals surface area (Å²) in [6, 6.07) is 0. The van der Waals surface area contributed by atoms with Crippen LogP contribution in [0.4, 0.5) is 4.79 Å². The zero-order chi connectivity index (χ0) is 20.3. The molecule has 3 rings (SSSR count). The van der Waals surface area contributed by atoms with Crippen molar-refractivity contribution < 1.29 is 23.5 Å². The summed E-state index contributed by atoms with van der Waals surface area (Å²) < 4.78 is 17.0. The number of ether oxygens (including phenoxy) is 2. The van der Waals surface area contributed by atoms with Gasteiger partial charge in [0.1, 0.15) is 17.5 Å². The Morgan fingerprint density at radius 3 is 2.54 bits per heavy atom. The summed E-state index contributed by atoms with van der Waals surface area (Å²) >= 11 is 0. The number of carbonyl (C=O) groups excluding carboxylic acids is 2. The number of methoxy groups -OCH3 is 1. The number of aromatic nitrogens is 2. The zero-order valence-corrected chi connectivity index (χ0v) is 16.3. The fourth-order valence-corrected chi connectivity index (χ4v) is 3.21. The smallest absolute Gasteiger partial charge is 0.409 e. The van der Waals surface area contributed by atoms with Crippen molar-refractivity contribution in [1.29, 1.82) is 0 Å². The molecule has 10 nitrogen and oxygen atoms in total. The first-order valence-corrected chi connectivity index (χ1v) is 9.16. The van der Waals surface area contributed by atoms with Gasteiger partial charge in [-0.15, -0.1) is 0 Å². The van der Waals surface area contributed by atoms with Crippen LogP contribution in [0.25, 0.3) is 11.1 Å². The van der Waals surface area contributed by atoms with E-state index in [4.69, 9.17) is 13.9 Å². The SMILES string of the molecule is CCOC(=O)N1CCN(C(=O)c2c(C)oc3ncn(CCOC)c(=O)c23)CC1. The maximum Gasteiger partial charge on any atom is 0.409 e. The van der Waals surface area contributed by atoms with E-state index in [9.17, 15) is 14.4 Å². The minimum atomic E-state index is -0.384. The molecule has 1 fully saturated rings. The number of aryl methyl sites for hydroxylation is 1. The second-order valence-corrected chi connectivity index (χ2v) is 6.43. The van der Waals surface area contributed by atoms with Crippen LogP contribution in [-0.4, -0.2) is 77.9 Å². The third-order valence-corrected chi connectivity index (χ3v) is 4.70. The van der Waals surface area contributed by atoms with Crippen molar-refractivity contribution >= 4 is 23.1 Å². The Morgan fingerprint density at radius 2 is 1.89 bits per heavy atom. The maximum absolute atomic E-state index is 13.1. The minimum absolute atomic E-state index is 0.143. The van der Waals surface area contributed by atoms with Gasteiger partial charge in [-0.05, 0) is 13.8 Å². The van der Waals surface area contributed by atoms with Crippen LogP contribution in [0.1, 0.15) is 23.0 Å². The molecule has 2 aromatic heterocycles. The lowest BCUT2D eigenvalue weighted by Gasteiger charge is -2.34. The van der Waals surface area contributed by atoms with E-state index in [2.05, 4.69) is 4.98 Å². The summed E-state index contributed by atoms with van der Waals surface area (Å²) in [5.41, 5.74) is 0.0286. The van der Waals surface area contributed by atoms with Crippen LogP contribution in [0.2, 0.25) is 0 Å². The molecule has 0 atom stereocenters. The van der Waals surface area contributed by atoms with Crippen LogP contribution in [-0.2, 0) is 16.0 Å². The molecule has 0 aliphatic carbocycles. The molecule has 0 N–H and O–H groups in total. The van der Waals surface area contributed by atoms with Crippen LogP contribution in [0.3, 0.4) is 0 Å². The van der Waals surface area contributed by atoms with Gasteiger partial charge >= 0.3 is 6.09 Å². The molecule has 1 aliphatic heterocycles. The minimum Gasteiger partial charge on any atom is -0.450 e. The fourth-order valence-electron chi connectivity index (χ4n) is 3.21. The predicted molar refractivity (Wildman–Crippen MR) is 99.4 cm³/mol. The fraction of sp³-hybridized carbons (Fsp3) is 0.556. The standard InChI is InChI=1S/C18H24N4O6/c1-4-27-18(25)21-7-5-20(6-8-21)16(23)13-12(2)28-15-14(13)17(24)22(11-19-15)9-10-26-3/h11H,4-10H2,1-3H3. The van der Waals surface area contributed by atoms with E-state index < -0.39 is 0 Å². The van der Waals surface area contributed by atoms with Gasteiger partial charge in [-0.2, -0.15) is 0 Å². The Bertz CT molecular complexity index is 926. The normalized spacial score (nSPS) is 14.5. The molecule has 2 aromatic rings. The number of fused-ring (bicyclic) bond motifs is 1. The van der Waals surface area contributed by atoms with Crippen molar-refractivity contribution in [3.63, 3.8) is 0 Å². The molecular weight excluding hydrogens is 368 g/mol. The van der Waals surface area contributed by atoms with Crippen molar-refractivity contribution in [2.45, 2.75) is 20.4 Å². The second-order valence-electron chi connectivity index (χ2n) is 6.43. The molecule has 28 heavy (non-hydrogen) atoms. The third-order valence-electron chi connectivity index (χ3n) is 4.70. The van der Waals surface area contributed by atoms with E-state index in [1.54, 1.807) is 30.8 Å². The first-order chi connectivity index (χ1) is 13.5. The molecule has 3 heterocycles. The van der Waals surface area contributed by atoms with Gasteiger partial charge in [0.2, 0.25) is 5.71 Å². The van der Waals surface area contributed by atoms with E-state index in [1.165, 1.54) is 10.9 Å². The highest BCUT2D eigenvalue weighted by Crippen LogP contribution is 2.23. The highest BCUT2D eigenvalue weighted by molar-refractivity contribution is 6.06. The first kappa shape index (κ1) is 19.9.